The topological polar surface area (TPSA) is 51.2 Å². The number of alkyl carbamates (subject to hydrolysis) is 1. The van der Waals surface area contributed by atoms with Crippen LogP contribution >= 0.6 is 0 Å². The van der Waals surface area contributed by atoms with Crippen molar-refractivity contribution in [3.8, 4) is 23.0 Å². The second-order valence-electron chi connectivity index (χ2n) is 5.94. The van der Waals surface area contributed by atoms with E-state index < -0.39 is 11.7 Å². The van der Waals surface area contributed by atoms with Gasteiger partial charge in [-0.3, -0.25) is 4.98 Å². The fourth-order valence-corrected chi connectivity index (χ4v) is 1.93. The molecule has 0 atom stereocenters. The largest absolute Gasteiger partial charge is 0.444 e. The van der Waals surface area contributed by atoms with Crippen molar-refractivity contribution in [3.63, 3.8) is 0 Å². The Labute approximate surface area is 136 Å². The fraction of sp³-hybridized carbons (Fsp3) is 0.263. The summed E-state index contributed by atoms with van der Waals surface area (Å²) in [6.07, 6.45) is 3.00. The standard InChI is InChI=1S/C19H20N2O2/c1-19(2,3)23-18(22)21-12-7-10-16-14-20-13-11-17(16)15-8-5-4-6-9-15/h4-6,8-9,11,13-14H,12H2,1-3H3,(H,21,22). The number of benzene rings is 1. The zero-order valence-electron chi connectivity index (χ0n) is 13.6. The lowest BCUT2D eigenvalue weighted by Crippen LogP contribution is -2.32. The van der Waals surface area contributed by atoms with Gasteiger partial charge in [0.2, 0.25) is 0 Å². The third kappa shape index (κ3) is 5.48. The van der Waals surface area contributed by atoms with Gasteiger partial charge in [0.05, 0.1) is 12.1 Å². The number of pyridine rings is 1. The van der Waals surface area contributed by atoms with Crippen LogP contribution in [0.25, 0.3) is 11.1 Å². The molecule has 0 aliphatic rings. The van der Waals surface area contributed by atoms with Crippen molar-refractivity contribution < 1.29 is 9.53 Å². The molecule has 1 N–H and O–H groups in total. The highest BCUT2D eigenvalue weighted by molar-refractivity contribution is 5.70. The van der Waals surface area contributed by atoms with Crippen molar-refractivity contribution in [2.24, 2.45) is 0 Å². The summed E-state index contributed by atoms with van der Waals surface area (Å²) in [5.41, 5.74) is 2.41. The number of rotatable bonds is 2. The third-order valence-corrected chi connectivity index (χ3v) is 2.85. The van der Waals surface area contributed by atoms with Crippen molar-refractivity contribution in [2.75, 3.05) is 6.54 Å². The minimum atomic E-state index is -0.513. The summed E-state index contributed by atoms with van der Waals surface area (Å²) >= 11 is 0. The Bertz CT molecular complexity index is 722. The zero-order chi connectivity index (χ0) is 16.7. The van der Waals surface area contributed by atoms with Crippen LogP contribution < -0.4 is 5.32 Å². The first-order valence-corrected chi connectivity index (χ1v) is 7.41. The van der Waals surface area contributed by atoms with Crippen molar-refractivity contribution >= 4 is 6.09 Å². The molecule has 23 heavy (non-hydrogen) atoms. The zero-order valence-corrected chi connectivity index (χ0v) is 13.6. The number of hydrogen-bond acceptors (Lipinski definition) is 3. The average Bonchev–Trinajstić information content (AvgIpc) is 2.51. The molecule has 0 saturated carbocycles. The Balaban J connectivity index is 2.04. The molecule has 4 heteroatoms. The predicted octanol–water partition coefficient (Wildman–Crippen LogP) is 3.62. The van der Waals surface area contributed by atoms with Gasteiger partial charge in [-0.05, 0) is 32.4 Å². The third-order valence-electron chi connectivity index (χ3n) is 2.85. The maximum absolute atomic E-state index is 11.5. The Kier molecular flexibility index (Phi) is 5.37. The number of nitrogens with one attached hydrogen (secondary N) is 1. The van der Waals surface area contributed by atoms with Gasteiger partial charge in [-0.2, -0.15) is 0 Å². The van der Waals surface area contributed by atoms with Crippen molar-refractivity contribution in [2.45, 2.75) is 26.4 Å². The Morgan fingerprint density at radius 3 is 2.65 bits per heavy atom. The second kappa shape index (κ2) is 7.46. The first-order valence-electron chi connectivity index (χ1n) is 7.41. The normalized spacial score (nSPS) is 10.4. The van der Waals surface area contributed by atoms with E-state index in [0.29, 0.717) is 0 Å². The lowest BCUT2D eigenvalue weighted by Gasteiger charge is -2.19. The van der Waals surface area contributed by atoms with Gasteiger partial charge in [-0.15, -0.1) is 0 Å². The minimum absolute atomic E-state index is 0.220. The molecule has 0 spiro atoms. The number of aromatic nitrogens is 1. The van der Waals surface area contributed by atoms with Gasteiger partial charge in [0.15, 0.2) is 0 Å². The predicted molar refractivity (Wildman–Crippen MR) is 90.8 cm³/mol. The van der Waals surface area contributed by atoms with Crippen LogP contribution in [-0.2, 0) is 4.74 Å². The highest BCUT2D eigenvalue weighted by Gasteiger charge is 2.15. The molecule has 2 rings (SSSR count). The molecule has 0 fully saturated rings. The summed E-state index contributed by atoms with van der Waals surface area (Å²) < 4.78 is 5.15. The summed E-state index contributed by atoms with van der Waals surface area (Å²) in [7, 11) is 0. The minimum Gasteiger partial charge on any atom is -0.444 e. The lowest BCUT2D eigenvalue weighted by molar-refractivity contribution is 0.0535. The maximum Gasteiger partial charge on any atom is 0.408 e. The van der Waals surface area contributed by atoms with Crippen LogP contribution in [0.2, 0.25) is 0 Å². The van der Waals surface area contributed by atoms with Crippen LogP contribution in [0.3, 0.4) is 0 Å². The van der Waals surface area contributed by atoms with Crippen molar-refractivity contribution in [1.82, 2.24) is 10.3 Å². The van der Waals surface area contributed by atoms with E-state index in [4.69, 9.17) is 4.74 Å². The van der Waals surface area contributed by atoms with E-state index in [9.17, 15) is 4.79 Å². The molecule has 4 nitrogen and oxygen atoms in total. The van der Waals surface area contributed by atoms with Crippen LogP contribution in [0.15, 0.2) is 48.8 Å². The van der Waals surface area contributed by atoms with Crippen molar-refractivity contribution in [1.29, 1.82) is 0 Å². The highest BCUT2D eigenvalue weighted by atomic mass is 16.6. The molecular formula is C19H20N2O2. The molecule has 0 aliphatic carbocycles. The Morgan fingerprint density at radius 2 is 1.96 bits per heavy atom. The van der Waals surface area contributed by atoms with Crippen molar-refractivity contribution in [3.05, 3.63) is 54.4 Å². The van der Waals surface area contributed by atoms with Crippen LogP contribution in [-0.4, -0.2) is 23.2 Å². The summed E-state index contributed by atoms with van der Waals surface area (Å²) in [5.74, 6) is 5.97. The summed E-state index contributed by atoms with van der Waals surface area (Å²) in [6, 6.07) is 11.9. The molecule has 0 aliphatic heterocycles. The van der Waals surface area contributed by atoms with Gasteiger partial charge in [0, 0.05) is 18.0 Å². The fourth-order valence-electron chi connectivity index (χ4n) is 1.93. The molecule has 1 aromatic carbocycles. The number of nitrogens with zero attached hydrogens (tertiary/aromatic N) is 1. The summed E-state index contributed by atoms with van der Waals surface area (Å²) in [6.45, 7) is 5.68. The number of amides is 1. The molecule has 0 radical (unpaired) electrons. The lowest BCUT2D eigenvalue weighted by atomic mass is 10.0. The Morgan fingerprint density at radius 1 is 1.22 bits per heavy atom. The van der Waals surface area contributed by atoms with Gasteiger partial charge in [-0.25, -0.2) is 4.79 Å². The van der Waals surface area contributed by atoms with Crippen LogP contribution in [0.4, 0.5) is 4.79 Å². The first-order chi connectivity index (χ1) is 11.0. The maximum atomic E-state index is 11.5. The number of ether oxygens (including phenoxy) is 1. The number of hydrogen-bond donors (Lipinski definition) is 1. The number of carbonyl (C=O) groups excluding carboxylic acids is 1. The highest BCUT2D eigenvalue weighted by Crippen LogP contribution is 2.21. The van der Waals surface area contributed by atoms with E-state index in [1.807, 2.05) is 57.2 Å². The van der Waals surface area contributed by atoms with E-state index in [0.717, 1.165) is 16.7 Å². The van der Waals surface area contributed by atoms with Gasteiger partial charge in [0.1, 0.15) is 5.60 Å². The summed E-state index contributed by atoms with van der Waals surface area (Å²) in [4.78, 5) is 15.7. The molecular weight excluding hydrogens is 288 g/mol. The Hall–Kier alpha value is -2.80. The monoisotopic (exact) mass is 308 g/mol. The van der Waals surface area contributed by atoms with E-state index in [2.05, 4.69) is 22.1 Å². The van der Waals surface area contributed by atoms with Gasteiger partial charge in [0.25, 0.3) is 0 Å². The quantitative estimate of drug-likeness (QED) is 0.862. The van der Waals surface area contributed by atoms with E-state index >= 15 is 0 Å². The van der Waals surface area contributed by atoms with Gasteiger partial charge in [-0.1, -0.05) is 42.2 Å². The smallest absolute Gasteiger partial charge is 0.408 e. The van der Waals surface area contributed by atoms with E-state index in [-0.39, 0.29) is 6.54 Å². The molecule has 0 unspecified atom stereocenters. The molecule has 1 amide bonds. The molecule has 2 aromatic rings. The van der Waals surface area contributed by atoms with E-state index in [1.54, 1.807) is 12.4 Å². The van der Waals surface area contributed by atoms with E-state index in [1.165, 1.54) is 0 Å². The summed E-state index contributed by atoms with van der Waals surface area (Å²) in [5, 5.41) is 2.61. The SMILES string of the molecule is CC(C)(C)OC(=O)NCC#Cc1cnccc1-c1ccccc1. The molecule has 1 heterocycles. The second-order valence-corrected chi connectivity index (χ2v) is 5.94. The van der Waals surface area contributed by atoms with Crippen LogP contribution in [0.1, 0.15) is 26.3 Å². The molecule has 0 bridgehead atoms. The first kappa shape index (κ1) is 16.6. The van der Waals surface area contributed by atoms with Gasteiger partial charge >= 0.3 is 6.09 Å². The molecule has 118 valence electrons. The molecule has 1 aromatic heterocycles. The number of carbonyl (C=O) groups is 1. The van der Waals surface area contributed by atoms with Crippen LogP contribution in [0.5, 0.6) is 0 Å². The molecule has 0 saturated heterocycles. The van der Waals surface area contributed by atoms with Gasteiger partial charge < -0.3 is 10.1 Å². The average molecular weight is 308 g/mol. The van der Waals surface area contributed by atoms with Crippen LogP contribution in [0, 0.1) is 11.8 Å².